The molecule has 0 aromatic heterocycles. The summed E-state index contributed by atoms with van der Waals surface area (Å²) < 4.78 is 0.380. The van der Waals surface area contributed by atoms with Crippen LogP contribution in [0.3, 0.4) is 0 Å². The SMILES string of the molecule is [CH2][C](C)(C)[SbH2]. The topological polar surface area (TPSA) is 0 Å². The van der Waals surface area contributed by atoms with Crippen molar-refractivity contribution in [1.29, 1.82) is 0 Å². The van der Waals surface area contributed by atoms with Gasteiger partial charge in [-0.1, -0.05) is 0 Å². The molecule has 0 aliphatic rings. The molecule has 0 saturated carbocycles. The summed E-state index contributed by atoms with van der Waals surface area (Å²) in [4.78, 5) is 0. The fourth-order valence-electron chi connectivity index (χ4n) is 0. The summed E-state index contributed by atoms with van der Waals surface area (Å²) in [6, 6.07) is 0. The normalized spacial score (nSPS) is 12.0. The Balaban J connectivity index is 3.02. The van der Waals surface area contributed by atoms with E-state index in [2.05, 4.69) is 20.8 Å². The molecule has 31 valence electrons. The number of hydrogen-bond acceptors (Lipinski definition) is 0. The van der Waals surface area contributed by atoms with E-state index in [0.717, 1.165) is 0 Å². The quantitative estimate of drug-likeness (QED) is 0.480. The first-order valence-corrected chi connectivity index (χ1v) is 3.29. The van der Waals surface area contributed by atoms with E-state index in [-0.39, 0.29) is 0 Å². The Bertz CT molecular complexity index is 19.1. The first-order chi connectivity index (χ1) is 2.00. The maximum atomic E-state index is 3.83. The first kappa shape index (κ1) is 5.82. The van der Waals surface area contributed by atoms with Gasteiger partial charge in [0.05, 0.1) is 0 Å². The second-order valence-corrected chi connectivity index (χ2v) is 6.45. The van der Waals surface area contributed by atoms with Crippen LogP contribution in [0.15, 0.2) is 0 Å². The van der Waals surface area contributed by atoms with Crippen LogP contribution >= 0.6 is 0 Å². The van der Waals surface area contributed by atoms with Gasteiger partial charge in [-0.25, -0.2) is 0 Å². The van der Waals surface area contributed by atoms with E-state index in [4.69, 9.17) is 0 Å². The molecule has 1 radical (unpaired) electrons. The molecular weight excluding hydrogens is 170 g/mol. The average molecular weight is 180 g/mol. The zero-order chi connectivity index (χ0) is 4.50. The zero-order valence-corrected chi connectivity index (χ0v) is 7.08. The fourth-order valence-corrected chi connectivity index (χ4v) is 0. The molecule has 0 saturated heterocycles. The number of rotatable bonds is 0. The predicted octanol–water partition coefficient (Wildman–Crippen LogP) is 0.652. The molecular formula is C4H10Sb. The summed E-state index contributed by atoms with van der Waals surface area (Å²) in [6.45, 7) is 8.10. The van der Waals surface area contributed by atoms with Crippen LogP contribution in [0, 0.1) is 6.92 Å². The van der Waals surface area contributed by atoms with Gasteiger partial charge in [0.2, 0.25) is 0 Å². The Labute approximate surface area is 47.4 Å². The Kier molecular flexibility index (Phi) is 1.76. The predicted molar refractivity (Wildman–Crippen MR) is 27.9 cm³/mol. The number of hydrogen-bond donors (Lipinski definition) is 0. The van der Waals surface area contributed by atoms with E-state index in [1.165, 1.54) is 23.0 Å². The fraction of sp³-hybridized carbons (Fsp3) is 0.750. The van der Waals surface area contributed by atoms with Crippen LogP contribution in [0.5, 0.6) is 0 Å². The molecule has 5 heavy (non-hydrogen) atoms. The van der Waals surface area contributed by atoms with Gasteiger partial charge in [-0.05, 0) is 0 Å². The second-order valence-electron chi connectivity index (χ2n) is 1.99. The van der Waals surface area contributed by atoms with Gasteiger partial charge in [0.15, 0.2) is 0 Å². The van der Waals surface area contributed by atoms with Crippen LogP contribution in [0.2, 0.25) is 3.36 Å². The molecule has 0 heterocycles. The molecule has 0 fully saturated rings. The third kappa shape index (κ3) is 57.2. The van der Waals surface area contributed by atoms with E-state index < -0.39 is 0 Å². The molecule has 0 aliphatic carbocycles. The van der Waals surface area contributed by atoms with Crippen LogP contribution in [0.25, 0.3) is 0 Å². The summed E-state index contributed by atoms with van der Waals surface area (Å²) in [5.74, 6) is 0. The van der Waals surface area contributed by atoms with Crippen LogP contribution in [0.4, 0.5) is 0 Å². The summed E-state index contributed by atoms with van der Waals surface area (Å²) in [7, 11) is 0. The third-order valence-electron chi connectivity index (χ3n) is 0. The van der Waals surface area contributed by atoms with Crippen molar-refractivity contribution in [1.82, 2.24) is 0 Å². The van der Waals surface area contributed by atoms with Crippen molar-refractivity contribution >= 4 is 23.0 Å². The molecule has 0 aromatic carbocycles. The Morgan fingerprint density at radius 2 is 1.60 bits per heavy atom. The van der Waals surface area contributed by atoms with Crippen molar-refractivity contribution in [2.75, 3.05) is 0 Å². The van der Waals surface area contributed by atoms with E-state index >= 15 is 0 Å². The molecule has 0 aromatic rings. The van der Waals surface area contributed by atoms with Crippen molar-refractivity contribution in [2.24, 2.45) is 0 Å². The van der Waals surface area contributed by atoms with E-state index in [9.17, 15) is 0 Å². The monoisotopic (exact) mass is 179 g/mol. The standard InChI is InChI=1S/C4H8.Sb.2H/c1-4(2)3;;;/h1H2,2-3H3;;;. The van der Waals surface area contributed by atoms with Crippen LogP contribution in [-0.2, 0) is 0 Å². The van der Waals surface area contributed by atoms with Gasteiger partial charge >= 0.3 is 47.2 Å². The molecule has 0 atom stereocenters. The zero-order valence-electron chi connectivity index (χ0n) is 3.78. The van der Waals surface area contributed by atoms with Gasteiger partial charge in [0.25, 0.3) is 0 Å². The van der Waals surface area contributed by atoms with Crippen LogP contribution in [-0.4, -0.2) is 23.0 Å². The van der Waals surface area contributed by atoms with Gasteiger partial charge < -0.3 is 0 Å². The van der Waals surface area contributed by atoms with Crippen LogP contribution < -0.4 is 0 Å². The maximum absolute atomic E-state index is 3.83. The summed E-state index contributed by atoms with van der Waals surface area (Å²) >= 11 is 1.25. The Morgan fingerprint density at radius 3 is 1.60 bits per heavy atom. The Hall–Kier alpha value is 0.818. The van der Waals surface area contributed by atoms with E-state index in [1.54, 1.807) is 0 Å². The molecule has 0 spiro atoms. The van der Waals surface area contributed by atoms with Gasteiger partial charge in [-0.15, -0.1) is 0 Å². The third-order valence-corrected chi connectivity index (χ3v) is 0. The van der Waals surface area contributed by atoms with Gasteiger partial charge in [0.1, 0.15) is 0 Å². The van der Waals surface area contributed by atoms with E-state index in [1.807, 2.05) is 0 Å². The molecule has 0 N–H and O–H groups in total. The molecule has 0 amide bonds. The molecule has 0 unspecified atom stereocenters. The van der Waals surface area contributed by atoms with E-state index in [0.29, 0.717) is 3.36 Å². The molecule has 0 aliphatic heterocycles. The first-order valence-electron chi connectivity index (χ1n) is 1.64. The summed E-state index contributed by atoms with van der Waals surface area (Å²) in [6.07, 6.45) is 0. The van der Waals surface area contributed by atoms with Gasteiger partial charge in [0, 0.05) is 0 Å². The minimum atomic E-state index is 0.380. The van der Waals surface area contributed by atoms with Gasteiger partial charge in [-0.2, -0.15) is 0 Å². The van der Waals surface area contributed by atoms with Crippen molar-refractivity contribution < 1.29 is 0 Å². The molecule has 0 rings (SSSR count). The average Bonchev–Trinajstić information content (AvgIpc) is 0.722. The second kappa shape index (κ2) is 1.51. The molecule has 0 nitrogen and oxygen atoms in total. The molecule has 1 heteroatoms. The minimum absolute atomic E-state index is 0.380. The Morgan fingerprint density at radius 1 is 1.60 bits per heavy atom. The summed E-state index contributed by atoms with van der Waals surface area (Å²) in [5, 5.41) is 0. The van der Waals surface area contributed by atoms with Crippen molar-refractivity contribution in [3.63, 3.8) is 0 Å². The molecule has 0 bridgehead atoms. The van der Waals surface area contributed by atoms with Crippen molar-refractivity contribution in [3.05, 3.63) is 6.92 Å². The summed E-state index contributed by atoms with van der Waals surface area (Å²) in [5.41, 5.74) is 0. The van der Waals surface area contributed by atoms with Gasteiger partial charge in [-0.3, -0.25) is 0 Å². The van der Waals surface area contributed by atoms with Crippen LogP contribution in [0.1, 0.15) is 13.8 Å². The van der Waals surface area contributed by atoms with Crippen molar-refractivity contribution in [2.45, 2.75) is 17.2 Å². The van der Waals surface area contributed by atoms with Crippen molar-refractivity contribution in [3.8, 4) is 0 Å².